The minimum absolute atomic E-state index is 0.0372. The summed E-state index contributed by atoms with van der Waals surface area (Å²) in [6, 6.07) is 23.2. The molecule has 322 valence electrons. The number of hydrogen-bond donors (Lipinski definition) is 2. The molecule has 2 aromatic heterocycles. The first-order chi connectivity index (χ1) is 30.0. The normalized spacial score (nSPS) is 18.8. The van der Waals surface area contributed by atoms with Crippen LogP contribution in [0.2, 0.25) is 0 Å². The van der Waals surface area contributed by atoms with Gasteiger partial charge in [-0.2, -0.15) is 0 Å². The molecule has 2 fully saturated rings. The molecule has 0 radical (unpaired) electrons. The van der Waals surface area contributed by atoms with Crippen LogP contribution in [0.1, 0.15) is 110 Å². The average molecular weight is 837 g/mol. The molecule has 0 spiro atoms. The standard InChI is InChI=1S/C27H30N2O6.C24H26N2O/c1-28-14-17-12-18(35-2)8-9-19(17)24-23(16-6-4-3-5-7-16)20-10-11-27(25(31)32,26(33)34)13-21(20)29(24)15-22(28)30;1-25-15-18-11-5-6-12-19(18)24-23(17-9-3-2-4-10-17)20-13-7-8-14-21(20)26(24)16-22(25)27/h8-12,16H,3-7,13-15H2,1-2H3,(H,31,32)(H,33,34);5-8,11-14,17H,2-4,9-10,15-16H2,1H3. The first-order valence-electron chi connectivity index (χ1n) is 22.3. The lowest BCUT2D eigenvalue weighted by Gasteiger charge is -2.28. The molecule has 62 heavy (non-hydrogen) atoms. The van der Waals surface area contributed by atoms with Crippen LogP contribution in [-0.4, -0.2) is 74.1 Å². The van der Waals surface area contributed by atoms with Gasteiger partial charge in [-0.15, -0.1) is 0 Å². The Bertz CT molecular complexity index is 2610. The van der Waals surface area contributed by atoms with Crippen molar-refractivity contribution in [2.75, 3.05) is 21.2 Å². The third-order valence-corrected chi connectivity index (χ3v) is 14.3. The van der Waals surface area contributed by atoms with Gasteiger partial charge in [0, 0.05) is 61.3 Å². The van der Waals surface area contributed by atoms with Crippen LogP contribution in [0.25, 0.3) is 39.5 Å². The van der Waals surface area contributed by atoms with Crippen LogP contribution in [0.15, 0.2) is 72.8 Å². The second kappa shape index (κ2) is 16.6. The van der Waals surface area contributed by atoms with Crippen LogP contribution in [0.3, 0.4) is 0 Å². The minimum atomic E-state index is -2.06. The highest BCUT2D eigenvalue weighted by atomic mass is 16.5. The maximum Gasteiger partial charge on any atom is 0.325 e. The van der Waals surface area contributed by atoms with Gasteiger partial charge >= 0.3 is 11.9 Å². The fourth-order valence-electron chi connectivity index (χ4n) is 11.0. The smallest absolute Gasteiger partial charge is 0.325 e. The molecule has 11 heteroatoms. The van der Waals surface area contributed by atoms with Gasteiger partial charge in [-0.1, -0.05) is 93.1 Å². The number of rotatable bonds is 5. The Balaban J connectivity index is 0.000000163. The van der Waals surface area contributed by atoms with Gasteiger partial charge in [-0.05, 0) is 89.6 Å². The molecule has 2 amide bonds. The van der Waals surface area contributed by atoms with Crippen molar-refractivity contribution in [2.45, 2.75) is 109 Å². The first-order valence-corrected chi connectivity index (χ1v) is 22.3. The lowest BCUT2D eigenvalue weighted by Crippen LogP contribution is -2.42. The van der Waals surface area contributed by atoms with E-state index in [0.29, 0.717) is 37.0 Å². The van der Waals surface area contributed by atoms with Crippen LogP contribution in [0, 0.1) is 5.41 Å². The number of aliphatic carboxylic acids is 2. The van der Waals surface area contributed by atoms with Crippen molar-refractivity contribution < 1.29 is 34.1 Å². The summed E-state index contributed by atoms with van der Waals surface area (Å²) in [6.45, 7) is 1.57. The third kappa shape index (κ3) is 7.09. The van der Waals surface area contributed by atoms with E-state index >= 15 is 0 Å². The van der Waals surface area contributed by atoms with Gasteiger partial charge in [0.25, 0.3) is 0 Å². The molecular formula is C51H56N4O7. The number of aromatic nitrogens is 2. The molecule has 11 nitrogen and oxygen atoms in total. The van der Waals surface area contributed by atoms with Gasteiger partial charge in [-0.25, -0.2) is 0 Å². The van der Waals surface area contributed by atoms with E-state index in [1.807, 2.05) is 34.7 Å². The van der Waals surface area contributed by atoms with Crippen LogP contribution < -0.4 is 4.74 Å². The number of benzene rings is 3. The molecule has 2 N–H and O–H groups in total. The molecular weight excluding hydrogens is 781 g/mol. The Labute approximate surface area is 362 Å². The Morgan fingerprint density at radius 1 is 0.661 bits per heavy atom. The molecule has 0 saturated heterocycles. The van der Waals surface area contributed by atoms with Crippen molar-refractivity contribution in [3.05, 3.63) is 106 Å². The van der Waals surface area contributed by atoms with Crippen LogP contribution >= 0.6 is 0 Å². The second-order valence-corrected chi connectivity index (χ2v) is 18.0. The average Bonchev–Trinajstić information content (AvgIpc) is 3.77. The van der Waals surface area contributed by atoms with Gasteiger partial charge in [0.05, 0.1) is 18.5 Å². The number of ether oxygens (including phenoxy) is 1. The maximum absolute atomic E-state index is 13.2. The molecule has 3 aliphatic carbocycles. The molecule has 2 aliphatic heterocycles. The highest BCUT2D eigenvalue weighted by Crippen LogP contribution is 2.49. The lowest BCUT2D eigenvalue weighted by molar-refractivity contribution is -0.160. The summed E-state index contributed by atoms with van der Waals surface area (Å²) in [6.07, 6.45) is 14.7. The van der Waals surface area contributed by atoms with Crippen molar-refractivity contribution in [3.63, 3.8) is 0 Å². The molecule has 2 saturated carbocycles. The monoisotopic (exact) mass is 836 g/mol. The third-order valence-electron chi connectivity index (χ3n) is 14.3. The Hall–Kier alpha value is -6.10. The fourth-order valence-corrected chi connectivity index (χ4v) is 11.0. The number of carboxylic acids is 2. The number of carbonyl (C=O) groups excluding carboxylic acids is 2. The largest absolute Gasteiger partial charge is 0.497 e. The highest BCUT2D eigenvalue weighted by molar-refractivity contribution is 6.03. The number of hydrogen-bond acceptors (Lipinski definition) is 5. The SMILES string of the molecule is CN1Cc2ccccc2-c2c(C3CCCCC3)c3ccccc3n2CC1=O.COc1ccc2c(c1)CN(C)C(=O)Cn1c3c(c(C4CCCCC4)c1-2)C=CC(C(=O)O)(C(=O)O)C3. The van der Waals surface area contributed by atoms with E-state index in [9.17, 15) is 29.4 Å². The first kappa shape index (κ1) is 41.3. The topological polar surface area (TPSA) is 134 Å². The molecule has 0 bridgehead atoms. The van der Waals surface area contributed by atoms with E-state index in [1.54, 1.807) is 25.1 Å². The Morgan fingerprint density at radius 3 is 1.89 bits per heavy atom. The number of fused-ring (bicyclic) bond motifs is 10. The summed E-state index contributed by atoms with van der Waals surface area (Å²) >= 11 is 0. The van der Waals surface area contributed by atoms with E-state index in [2.05, 4.69) is 53.1 Å². The van der Waals surface area contributed by atoms with Crippen LogP contribution in [-0.2, 0) is 51.8 Å². The lowest BCUT2D eigenvalue weighted by atomic mass is 9.75. The van der Waals surface area contributed by atoms with E-state index < -0.39 is 17.4 Å². The van der Waals surface area contributed by atoms with E-state index in [0.717, 1.165) is 53.6 Å². The molecule has 5 aliphatic rings. The zero-order chi connectivity index (χ0) is 43.3. The molecule has 5 aromatic rings. The summed E-state index contributed by atoms with van der Waals surface area (Å²) in [5.41, 5.74) is 9.89. The predicted octanol–water partition coefficient (Wildman–Crippen LogP) is 9.24. The number of methoxy groups -OCH3 is 1. The quantitative estimate of drug-likeness (QED) is 0.169. The molecule has 0 unspecified atom stereocenters. The van der Waals surface area contributed by atoms with Crippen LogP contribution in [0.5, 0.6) is 5.75 Å². The number of carbonyl (C=O) groups is 4. The van der Waals surface area contributed by atoms with Gasteiger partial charge in [0.15, 0.2) is 5.41 Å². The fraction of sp³-hybridized carbons (Fsp3) is 0.412. The van der Waals surface area contributed by atoms with Crippen molar-refractivity contribution in [3.8, 4) is 28.3 Å². The van der Waals surface area contributed by atoms with Gasteiger partial charge < -0.3 is 33.9 Å². The van der Waals surface area contributed by atoms with Crippen molar-refractivity contribution >= 4 is 40.7 Å². The Morgan fingerprint density at radius 2 is 1.23 bits per heavy atom. The van der Waals surface area contributed by atoms with E-state index in [-0.39, 0.29) is 30.7 Å². The second-order valence-electron chi connectivity index (χ2n) is 18.0. The molecule has 10 rings (SSSR count). The number of amides is 2. The number of nitrogens with zero attached hydrogens (tertiary/aromatic N) is 4. The summed E-state index contributed by atoms with van der Waals surface area (Å²) in [5, 5.41) is 21.2. The number of para-hydroxylation sites is 1. The molecule has 4 heterocycles. The predicted molar refractivity (Wildman–Crippen MR) is 239 cm³/mol. The summed E-state index contributed by atoms with van der Waals surface area (Å²) in [4.78, 5) is 54.0. The van der Waals surface area contributed by atoms with Crippen molar-refractivity contribution in [2.24, 2.45) is 5.41 Å². The molecule has 0 atom stereocenters. The van der Waals surface area contributed by atoms with E-state index in [4.69, 9.17) is 4.74 Å². The summed E-state index contributed by atoms with van der Waals surface area (Å²) in [7, 11) is 5.27. The van der Waals surface area contributed by atoms with Gasteiger partial charge in [-0.3, -0.25) is 19.2 Å². The molecule has 3 aromatic carbocycles. The van der Waals surface area contributed by atoms with Crippen LogP contribution in [0.4, 0.5) is 0 Å². The zero-order valence-electron chi connectivity index (χ0n) is 36.0. The number of carboxylic acid groups (broad SMARTS) is 2. The van der Waals surface area contributed by atoms with Gasteiger partial charge in [0.1, 0.15) is 18.8 Å². The minimum Gasteiger partial charge on any atom is -0.497 e. The summed E-state index contributed by atoms with van der Waals surface area (Å²) < 4.78 is 9.64. The van der Waals surface area contributed by atoms with Crippen molar-refractivity contribution in [1.82, 2.24) is 18.9 Å². The summed E-state index contributed by atoms with van der Waals surface area (Å²) in [5.74, 6) is -1.17. The van der Waals surface area contributed by atoms with Crippen molar-refractivity contribution in [1.29, 1.82) is 0 Å². The van der Waals surface area contributed by atoms with E-state index in [1.165, 1.54) is 77.9 Å². The maximum atomic E-state index is 13.2. The Kier molecular flexibility index (Phi) is 11.1. The van der Waals surface area contributed by atoms with Gasteiger partial charge in [0.2, 0.25) is 11.8 Å². The highest BCUT2D eigenvalue weighted by Gasteiger charge is 2.49. The number of likely N-dealkylation sites (N-methyl/N-ethyl adjacent to an activating group) is 2. The zero-order valence-corrected chi connectivity index (χ0v) is 36.0.